The standard InChI is InChI=1S/C12H20ClN3/c1-7(9-4-5-9)11(14)6-10-8(2)15-16(3)12(10)13/h7,9,11H,4-6,14H2,1-3H3. The molecule has 16 heavy (non-hydrogen) atoms. The normalized spacial score (nSPS) is 19.8. The fourth-order valence-electron chi connectivity index (χ4n) is 2.30. The first kappa shape index (κ1) is 11.9. The zero-order valence-electron chi connectivity index (χ0n) is 10.2. The van der Waals surface area contributed by atoms with Crippen molar-refractivity contribution < 1.29 is 0 Å². The largest absolute Gasteiger partial charge is 0.327 e. The fraction of sp³-hybridized carbons (Fsp3) is 0.750. The number of hydrogen-bond acceptors (Lipinski definition) is 2. The topological polar surface area (TPSA) is 43.8 Å². The quantitative estimate of drug-likeness (QED) is 0.879. The van der Waals surface area contributed by atoms with Crippen LogP contribution in [0.1, 0.15) is 31.0 Å². The van der Waals surface area contributed by atoms with Gasteiger partial charge in [-0.15, -0.1) is 0 Å². The Morgan fingerprint density at radius 1 is 1.56 bits per heavy atom. The van der Waals surface area contributed by atoms with Gasteiger partial charge in [-0.1, -0.05) is 18.5 Å². The van der Waals surface area contributed by atoms with E-state index in [1.165, 1.54) is 12.8 Å². The second kappa shape index (κ2) is 4.38. The van der Waals surface area contributed by atoms with Gasteiger partial charge in [0.05, 0.1) is 5.69 Å². The van der Waals surface area contributed by atoms with Crippen LogP contribution in [0.15, 0.2) is 0 Å². The Balaban J connectivity index is 2.07. The molecule has 4 heteroatoms. The predicted octanol–water partition coefficient (Wildman–Crippen LogP) is 2.30. The van der Waals surface area contributed by atoms with E-state index in [2.05, 4.69) is 12.0 Å². The molecule has 2 N–H and O–H groups in total. The zero-order valence-corrected chi connectivity index (χ0v) is 11.0. The molecule has 1 fully saturated rings. The molecule has 1 aliphatic carbocycles. The lowest BCUT2D eigenvalue weighted by atomic mass is 9.92. The number of nitrogens with zero attached hydrogens (tertiary/aromatic N) is 2. The Hall–Kier alpha value is -0.540. The van der Waals surface area contributed by atoms with Gasteiger partial charge in [-0.3, -0.25) is 4.68 Å². The molecule has 2 atom stereocenters. The fourth-order valence-corrected chi connectivity index (χ4v) is 2.55. The van der Waals surface area contributed by atoms with Crippen molar-refractivity contribution >= 4 is 11.6 Å². The first-order valence-corrected chi connectivity index (χ1v) is 6.32. The van der Waals surface area contributed by atoms with Crippen LogP contribution in [-0.4, -0.2) is 15.8 Å². The summed E-state index contributed by atoms with van der Waals surface area (Å²) in [4.78, 5) is 0. The van der Waals surface area contributed by atoms with E-state index in [0.29, 0.717) is 5.92 Å². The van der Waals surface area contributed by atoms with Crippen LogP contribution in [0.3, 0.4) is 0 Å². The van der Waals surface area contributed by atoms with Crippen LogP contribution in [0.25, 0.3) is 0 Å². The van der Waals surface area contributed by atoms with Gasteiger partial charge in [0, 0.05) is 18.7 Å². The number of nitrogens with two attached hydrogens (primary N) is 1. The third-order valence-corrected chi connectivity index (χ3v) is 4.22. The van der Waals surface area contributed by atoms with Crippen molar-refractivity contribution in [3.05, 3.63) is 16.4 Å². The summed E-state index contributed by atoms with van der Waals surface area (Å²) >= 11 is 6.20. The summed E-state index contributed by atoms with van der Waals surface area (Å²) in [7, 11) is 1.87. The molecule has 3 nitrogen and oxygen atoms in total. The van der Waals surface area contributed by atoms with E-state index in [4.69, 9.17) is 17.3 Å². The average Bonchev–Trinajstić information content (AvgIpc) is 3.03. The van der Waals surface area contributed by atoms with E-state index in [1.54, 1.807) is 4.68 Å². The van der Waals surface area contributed by atoms with Gasteiger partial charge in [-0.2, -0.15) is 5.10 Å². The van der Waals surface area contributed by atoms with E-state index in [0.717, 1.165) is 28.7 Å². The number of hydrogen-bond donors (Lipinski definition) is 1. The van der Waals surface area contributed by atoms with Gasteiger partial charge in [0.1, 0.15) is 5.15 Å². The van der Waals surface area contributed by atoms with Gasteiger partial charge in [-0.25, -0.2) is 0 Å². The summed E-state index contributed by atoms with van der Waals surface area (Å²) in [5.41, 5.74) is 8.36. The lowest BCUT2D eigenvalue weighted by Crippen LogP contribution is -2.32. The molecule has 0 bridgehead atoms. The van der Waals surface area contributed by atoms with Gasteiger partial charge in [0.2, 0.25) is 0 Å². The minimum Gasteiger partial charge on any atom is -0.327 e. The van der Waals surface area contributed by atoms with Gasteiger partial charge in [0.25, 0.3) is 0 Å². The number of rotatable bonds is 4. The first-order chi connectivity index (χ1) is 7.50. The van der Waals surface area contributed by atoms with Crippen LogP contribution >= 0.6 is 11.6 Å². The maximum absolute atomic E-state index is 6.24. The minimum absolute atomic E-state index is 0.202. The monoisotopic (exact) mass is 241 g/mol. The molecule has 0 spiro atoms. The molecule has 90 valence electrons. The molecule has 0 radical (unpaired) electrons. The third-order valence-electron chi connectivity index (χ3n) is 3.75. The molecule has 1 aliphatic rings. The summed E-state index contributed by atoms with van der Waals surface area (Å²) in [6.45, 7) is 4.25. The highest BCUT2D eigenvalue weighted by Crippen LogP contribution is 2.38. The zero-order chi connectivity index (χ0) is 11.9. The highest BCUT2D eigenvalue weighted by atomic mass is 35.5. The van der Waals surface area contributed by atoms with E-state index < -0.39 is 0 Å². The summed E-state index contributed by atoms with van der Waals surface area (Å²) in [6.07, 6.45) is 3.53. The minimum atomic E-state index is 0.202. The molecule has 0 aromatic carbocycles. The van der Waals surface area contributed by atoms with E-state index in [9.17, 15) is 0 Å². The summed E-state index contributed by atoms with van der Waals surface area (Å²) in [5, 5.41) is 5.04. The highest BCUT2D eigenvalue weighted by molar-refractivity contribution is 6.30. The molecule has 0 aliphatic heterocycles. The second-order valence-corrected chi connectivity index (χ2v) is 5.40. The van der Waals surface area contributed by atoms with Crippen LogP contribution in [-0.2, 0) is 13.5 Å². The van der Waals surface area contributed by atoms with Gasteiger partial charge >= 0.3 is 0 Å². The Morgan fingerprint density at radius 3 is 2.62 bits per heavy atom. The smallest absolute Gasteiger partial charge is 0.130 e. The van der Waals surface area contributed by atoms with Crippen LogP contribution in [0.4, 0.5) is 0 Å². The Bertz CT molecular complexity index is 382. The van der Waals surface area contributed by atoms with Crippen molar-refractivity contribution in [3.63, 3.8) is 0 Å². The summed E-state index contributed by atoms with van der Waals surface area (Å²) < 4.78 is 1.72. The Kier molecular flexibility index (Phi) is 3.27. The van der Waals surface area contributed by atoms with Crippen molar-refractivity contribution in [1.29, 1.82) is 0 Å². The highest BCUT2D eigenvalue weighted by Gasteiger charge is 2.32. The van der Waals surface area contributed by atoms with Crippen molar-refractivity contribution in [3.8, 4) is 0 Å². The maximum Gasteiger partial charge on any atom is 0.130 e. The molecule has 1 aromatic heterocycles. The van der Waals surface area contributed by atoms with Gasteiger partial charge in [-0.05, 0) is 38.0 Å². The van der Waals surface area contributed by atoms with Crippen molar-refractivity contribution in [2.75, 3.05) is 0 Å². The van der Waals surface area contributed by atoms with Crippen LogP contribution in [0.2, 0.25) is 5.15 Å². The second-order valence-electron chi connectivity index (χ2n) is 5.04. The van der Waals surface area contributed by atoms with E-state index in [1.807, 2.05) is 14.0 Å². The molecule has 1 saturated carbocycles. The molecule has 2 unspecified atom stereocenters. The van der Waals surface area contributed by atoms with Crippen molar-refractivity contribution in [1.82, 2.24) is 9.78 Å². The summed E-state index contributed by atoms with van der Waals surface area (Å²) in [6, 6.07) is 0.202. The molecule has 1 heterocycles. The molecule has 2 rings (SSSR count). The lowest BCUT2D eigenvalue weighted by Gasteiger charge is -2.19. The van der Waals surface area contributed by atoms with Crippen LogP contribution < -0.4 is 5.73 Å². The molecule has 0 amide bonds. The van der Waals surface area contributed by atoms with Crippen molar-refractivity contribution in [2.45, 2.75) is 39.2 Å². The Morgan fingerprint density at radius 2 is 2.19 bits per heavy atom. The number of aryl methyl sites for hydroxylation is 2. The Labute approximate surface area is 102 Å². The number of aromatic nitrogens is 2. The lowest BCUT2D eigenvalue weighted by molar-refractivity contribution is 0.404. The molecular weight excluding hydrogens is 222 g/mol. The molecule has 1 aromatic rings. The van der Waals surface area contributed by atoms with Crippen LogP contribution in [0, 0.1) is 18.8 Å². The first-order valence-electron chi connectivity index (χ1n) is 5.94. The van der Waals surface area contributed by atoms with Gasteiger partial charge in [0.15, 0.2) is 0 Å². The van der Waals surface area contributed by atoms with E-state index in [-0.39, 0.29) is 6.04 Å². The third kappa shape index (κ3) is 2.25. The maximum atomic E-state index is 6.24. The molecule has 0 saturated heterocycles. The predicted molar refractivity (Wildman–Crippen MR) is 66.5 cm³/mol. The van der Waals surface area contributed by atoms with Crippen LogP contribution in [0.5, 0.6) is 0 Å². The number of halogens is 1. The van der Waals surface area contributed by atoms with Gasteiger partial charge < -0.3 is 5.73 Å². The SMILES string of the molecule is Cc1nn(C)c(Cl)c1CC(N)C(C)C1CC1. The van der Waals surface area contributed by atoms with Crippen molar-refractivity contribution in [2.24, 2.45) is 24.6 Å². The van der Waals surface area contributed by atoms with E-state index >= 15 is 0 Å². The molecular formula is C12H20ClN3. The summed E-state index contributed by atoms with van der Waals surface area (Å²) in [5.74, 6) is 1.43. The average molecular weight is 242 g/mol.